The van der Waals surface area contributed by atoms with Crippen molar-refractivity contribution in [1.82, 2.24) is 4.90 Å². The Bertz CT molecular complexity index is 724. The molecule has 3 heteroatoms. The molecule has 2 aromatic rings. The second kappa shape index (κ2) is 7.11. The molecule has 2 aliphatic heterocycles. The second-order valence-electron chi connectivity index (χ2n) is 7.27. The van der Waals surface area contributed by atoms with Gasteiger partial charge >= 0.3 is 0 Å². The van der Waals surface area contributed by atoms with Crippen molar-refractivity contribution < 1.29 is 9.50 Å². The number of aliphatic hydroxyl groups is 1. The van der Waals surface area contributed by atoms with Gasteiger partial charge in [-0.05, 0) is 48.9 Å². The summed E-state index contributed by atoms with van der Waals surface area (Å²) in [6.45, 7) is 0.711. The molecule has 0 amide bonds. The lowest BCUT2D eigenvalue weighted by atomic mass is 9.94. The van der Waals surface area contributed by atoms with Crippen molar-refractivity contribution in [3.8, 4) is 0 Å². The van der Waals surface area contributed by atoms with E-state index >= 15 is 0 Å². The van der Waals surface area contributed by atoms with Crippen LogP contribution in [0, 0.1) is 5.82 Å². The van der Waals surface area contributed by atoms with Crippen LogP contribution in [0.25, 0.3) is 6.08 Å². The molecular weight excluding hydrogens is 313 g/mol. The topological polar surface area (TPSA) is 23.5 Å². The quantitative estimate of drug-likeness (QED) is 0.883. The van der Waals surface area contributed by atoms with E-state index < -0.39 is 6.10 Å². The third-order valence-corrected chi connectivity index (χ3v) is 5.58. The third-order valence-electron chi connectivity index (χ3n) is 5.58. The molecule has 0 spiro atoms. The van der Waals surface area contributed by atoms with E-state index in [1.807, 2.05) is 42.5 Å². The smallest absolute Gasteiger partial charge is 0.123 e. The number of piperidine rings is 1. The van der Waals surface area contributed by atoms with Crippen molar-refractivity contribution in [2.45, 2.75) is 43.9 Å². The maximum absolute atomic E-state index is 13.1. The highest BCUT2D eigenvalue weighted by molar-refractivity contribution is 5.53. The van der Waals surface area contributed by atoms with E-state index in [1.54, 1.807) is 0 Å². The summed E-state index contributed by atoms with van der Waals surface area (Å²) in [6.07, 6.45) is 6.30. The predicted molar refractivity (Wildman–Crippen MR) is 98.5 cm³/mol. The lowest BCUT2D eigenvalue weighted by molar-refractivity contribution is 0.0733. The van der Waals surface area contributed by atoms with Crippen LogP contribution in [0.5, 0.6) is 0 Å². The summed E-state index contributed by atoms with van der Waals surface area (Å²) in [4.78, 5) is 2.50. The monoisotopic (exact) mass is 337 g/mol. The summed E-state index contributed by atoms with van der Waals surface area (Å²) in [7, 11) is 0. The lowest BCUT2D eigenvalue weighted by Crippen LogP contribution is -2.42. The number of aliphatic hydroxyl groups excluding tert-OH is 1. The van der Waals surface area contributed by atoms with E-state index in [0.717, 1.165) is 24.0 Å². The summed E-state index contributed by atoms with van der Waals surface area (Å²) in [6, 6.07) is 17.7. The average Bonchev–Trinajstić information content (AvgIpc) is 2.87. The normalized spacial score (nSPS) is 26.1. The molecule has 2 nitrogen and oxygen atoms in total. The van der Waals surface area contributed by atoms with Gasteiger partial charge in [0, 0.05) is 18.6 Å². The number of fused-ring (bicyclic) bond motifs is 2. The molecule has 0 unspecified atom stereocenters. The first-order valence-corrected chi connectivity index (χ1v) is 9.13. The van der Waals surface area contributed by atoms with E-state index in [4.69, 9.17) is 0 Å². The van der Waals surface area contributed by atoms with Crippen LogP contribution >= 0.6 is 0 Å². The molecule has 130 valence electrons. The van der Waals surface area contributed by atoms with E-state index in [2.05, 4.69) is 11.0 Å². The second-order valence-corrected chi connectivity index (χ2v) is 7.27. The number of rotatable bonds is 4. The summed E-state index contributed by atoms with van der Waals surface area (Å²) >= 11 is 0. The minimum Gasteiger partial charge on any atom is -0.387 e. The number of benzene rings is 2. The Morgan fingerprint density at radius 3 is 2.28 bits per heavy atom. The largest absolute Gasteiger partial charge is 0.387 e. The van der Waals surface area contributed by atoms with Gasteiger partial charge in [0.2, 0.25) is 0 Å². The Morgan fingerprint density at radius 1 is 1.00 bits per heavy atom. The van der Waals surface area contributed by atoms with Crippen LogP contribution in [-0.4, -0.2) is 28.6 Å². The highest BCUT2D eigenvalue weighted by Gasteiger charge is 2.39. The summed E-state index contributed by atoms with van der Waals surface area (Å²) < 4.78 is 13.1. The minimum absolute atomic E-state index is 0.188. The molecule has 2 heterocycles. The summed E-state index contributed by atoms with van der Waals surface area (Å²) in [5.41, 5.74) is 3.52. The Balaban J connectivity index is 1.44. The first-order valence-electron chi connectivity index (χ1n) is 9.13. The highest BCUT2D eigenvalue weighted by atomic mass is 19.1. The number of hydrogen-bond acceptors (Lipinski definition) is 2. The molecule has 0 saturated carbocycles. The fourth-order valence-corrected chi connectivity index (χ4v) is 4.33. The van der Waals surface area contributed by atoms with Gasteiger partial charge in [0.1, 0.15) is 5.82 Å². The van der Waals surface area contributed by atoms with Crippen molar-refractivity contribution in [3.05, 3.63) is 77.1 Å². The van der Waals surface area contributed by atoms with Crippen molar-refractivity contribution in [2.75, 3.05) is 6.54 Å². The van der Waals surface area contributed by atoms with Gasteiger partial charge < -0.3 is 5.11 Å². The van der Waals surface area contributed by atoms with Crippen molar-refractivity contribution in [1.29, 1.82) is 0 Å². The van der Waals surface area contributed by atoms with E-state index in [9.17, 15) is 9.50 Å². The molecule has 0 radical (unpaired) electrons. The van der Waals surface area contributed by atoms with Crippen LogP contribution in [-0.2, 0) is 0 Å². The zero-order valence-electron chi connectivity index (χ0n) is 14.3. The fraction of sp³-hybridized carbons (Fsp3) is 0.364. The Morgan fingerprint density at radius 2 is 1.64 bits per heavy atom. The van der Waals surface area contributed by atoms with E-state index in [0.29, 0.717) is 18.6 Å². The minimum atomic E-state index is -0.424. The third kappa shape index (κ3) is 3.68. The van der Waals surface area contributed by atoms with Crippen molar-refractivity contribution in [2.24, 2.45) is 0 Å². The molecule has 0 aromatic heterocycles. The molecular formula is C22H24FNO. The molecule has 1 N–H and O–H groups in total. The molecule has 2 aliphatic rings. The number of hydrogen-bond donors (Lipinski definition) is 1. The highest BCUT2D eigenvalue weighted by Crippen LogP contribution is 2.40. The van der Waals surface area contributed by atoms with Gasteiger partial charge in [0.05, 0.1) is 6.10 Å². The molecule has 0 aliphatic carbocycles. The molecule has 4 rings (SSSR count). The van der Waals surface area contributed by atoms with Gasteiger partial charge in [-0.15, -0.1) is 0 Å². The van der Waals surface area contributed by atoms with Crippen LogP contribution < -0.4 is 0 Å². The van der Waals surface area contributed by atoms with Gasteiger partial charge in [-0.3, -0.25) is 4.90 Å². The van der Waals surface area contributed by atoms with E-state index in [-0.39, 0.29) is 5.82 Å². The number of halogens is 1. The maximum Gasteiger partial charge on any atom is 0.123 e. The Hall–Kier alpha value is -1.97. The maximum atomic E-state index is 13.1. The zero-order valence-corrected chi connectivity index (χ0v) is 14.3. The van der Waals surface area contributed by atoms with Crippen LogP contribution in [0.15, 0.2) is 60.2 Å². The van der Waals surface area contributed by atoms with Gasteiger partial charge in [0.15, 0.2) is 0 Å². The Labute approximate surface area is 148 Å². The zero-order chi connectivity index (χ0) is 17.2. The molecule has 2 aromatic carbocycles. The molecule has 3 atom stereocenters. The molecule has 25 heavy (non-hydrogen) atoms. The Kier molecular flexibility index (Phi) is 4.69. The standard InChI is InChI=1S/C22H24FNO/c23-19-8-6-16(7-9-19)12-17-13-20-10-11-21(14-17)24(20)15-22(25)18-4-2-1-3-5-18/h1-9,12,20-22,25H,10-11,13-15H2/t20-,21+,22-/m1/s1. The van der Waals surface area contributed by atoms with E-state index in [1.165, 1.54) is 30.5 Å². The summed E-state index contributed by atoms with van der Waals surface area (Å²) in [5, 5.41) is 10.6. The molecule has 2 fully saturated rings. The van der Waals surface area contributed by atoms with Gasteiger partial charge in [-0.2, -0.15) is 0 Å². The molecule has 2 saturated heterocycles. The average molecular weight is 337 g/mol. The van der Waals surface area contributed by atoms with Crippen molar-refractivity contribution >= 4 is 6.08 Å². The first-order chi connectivity index (χ1) is 12.2. The molecule has 2 bridgehead atoms. The van der Waals surface area contributed by atoms with Crippen LogP contribution in [0.3, 0.4) is 0 Å². The first kappa shape index (κ1) is 16.5. The number of nitrogens with zero attached hydrogens (tertiary/aromatic N) is 1. The van der Waals surface area contributed by atoms with Gasteiger partial charge in [-0.25, -0.2) is 4.39 Å². The van der Waals surface area contributed by atoms with Crippen molar-refractivity contribution in [3.63, 3.8) is 0 Å². The predicted octanol–water partition coefficient (Wildman–Crippen LogP) is 4.57. The van der Waals surface area contributed by atoms with Crippen LogP contribution in [0.4, 0.5) is 4.39 Å². The van der Waals surface area contributed by atoms with Gasteiger partial charge in [0.25, 0.3) is 0 Å². The lowest BCUT2D eigenvalue weighted by Gasteiger charge is -2.37. The van der Waals surface area contributed by atoms with Crippen LogP contribution in [0.2, 0.25) is 0 Å². The fourth-order valence-electron chi connectivity index (χ4n) is 4.33. The SMILES string of the molecule is O[C@H](CN1[C@@H]2CC[C@H]1CC(=Cc1ccc(F)cc1)C2)c1ccccc1. The van der Waals surface area contributed by atoms with Crippen LogP contribution in [0.1, 0.15) is 42.9 Å². The summed E-state index contributed by atoms with van der Waals surface area (Å²) in [5.74, 6) is -0.188. The van der Waals surface area contributed by atoms with Gasteiger partial charge in [-0.1, -0.05) is 54.1 Å².